The lowest BCUT2D eigenvalue weighted by Crippen LogP contribution is -2.49. The number of aliphatic carboxylic acids is 1. The van der Waals surface area contributed by atoms with Crippen LogP contribution in [0.3, 0.4) is 0 Å². The van der Waals surface area contributed by atoms with Gasteiger partial charge in [0.05, 0.1) is 0 Å². The van der Waals surface area contributed by atoms with E-state index in [0.717, 1.165) is 6.42 Å². The molecule has 0 rings (SSSR count). The molecule has 19 heavy (non-hydrogen) atoms. The summed E-state index contributed by atoms with van der Waals surface area (Å²) < 4.78 is 0. The van der Waals surface area contributed by atoms with Gasteiger partial charge in [-0.1, -0.05) is 6.92 Å². The molecule has 3 N–H and O–H groups in total. The van der Waals surface area contributed by atoms with Gasteiger partial charge in [-0.05, 0) is 20.5 Å². The van der Waals surface area contributed by atoms with E-state index >= 15 is 0 Å². The van der Waals surface area contributed by atoms with Gasteiger partial charge in [0, 0.05) is 32.7 Å². The van der Waals surface area contributed by atoms with Gasteiger partial charge in [-0.25, -0.2) is 9.59 Å². The number of likely N-dealkylation sites (N-methyl/N-ethyl adjacent to an activating group) is 1. The van der Waals surface area contributed by atoms with Crippen molar-refractivity contribution in [3.05, 3.63) is 0 Å². The Bertz CT molecular complexity index is 284. The van der Waals surface area contributed by atoms with Crippen LogP contribution in [0, 0.1) is 0 Å². The minimum Gasteiger partial charge on any atom is -0.480 e. The Morgan fingerprint density at radius 3 is 2.26 bits per heavy atom. The average Bonchev–Trinajstić information content (AvgIpc) is 2.33. The number of amides is 2. The number of rotatable bonds is 9. The van der Waals surface area contributed by atoms with Crippen molar-refractivity contribution in [3.8, 4) is 0 Å². The van der Waals surface area contributed by atoms with Crippen LogP contribution in [-0.2, 0) is 4.79 Å². The van der Waals surface area contributed by atoms with E-state index in [-0.39, 0.29) is 13.0 Å². The van der Waals surface area contributed by atoms with Gasteiger partial charge in [0.2, 0.25) is 0 Å². The molecule has 112 valence electrons. The average molecular weight is 275 g/mol. The second kappa shape index (κ2) is 9.57. The second-order valence-corrected chi connectivity index (χ2v) is 4.64. The number of nitrogens with zero attached hydrogens (tertiary/aromatic N) is 2. The monoisotopic (exact) mass is 275 g/mol. The number of aliphatic hydroxyl groups is 1. The van der Waals surface area contributed by atoms with Crippen molar-refractivity contribution in [2.75, 3.05) is 40.3 Å². The Hall–Kier alpha value is -1.34. The first-order valence-electron chi connectivity index (χ1n) is 6.46. The minimum atomic E-state index is -1.13. The molecular weight excluding hydrogens is 250 g/mol. The number of nitrogens with one attached hydrogen (secondary N) is 1. The SMILES string of the molecule is CCCN(CCN(C)C)C(=O)N[C@@H](CCO)C(=O)O. The third kappa shape index (κ3) is 7.63. The first-order chi connectivity index (χ1) is 8.92. The van der Waals surface area contributed by atoms with E-state index in [1.54, 1.807) is 4.90 Å². The summed E-state index contributed by atoms with van der Waals surface area (Å²) in [4.78, 5) is 26.5. The summed E-state index contributed by atoms with van der Waals surface area (Å²) in [7, 11) is 3.82. The molecule has 0 aromatic heterocycles. The molecule has 0 heterocycles. The molecular formula is C12H25N3O4. The summed E-state index contributed by atoms with van der Waals surface area (Å²) in [5.74, 6) is -1.13. The third-order valence-corrected chi connectivity index (χ3v) is 2.61. The van der Waals surface area contributed by atoms with Crippen molar-refractivity contribution >= 4 is 12.0 Å². The van der Waals surface area contributed by atoms with E-state index in [2.05, 4.69) is 5.32 Å². The number of carbonyl (C=O) groups excluding carboxylic acids is 1. The molecule has 0 aromatic carbocycles. The lowest BCUT2D eigenvalue weighted by Gasteiger charge is -2.26. The molecule has 0 aliphatic carbocycles. The van der Waals surface area contributed by atoms with Crippen LogP contribution in [0.1, 0.15) is 19.8 Å². The summed E-state index contributed by atoms with van der Waals surface area (Å²) in [6, 6.07) is -1.44. The Kier molecular flexibility index (Phi) is 8.90. The maximum Gasteiger partial charge on any atom is 0.326 e. The molecule has 0 aliphatic heterocycles. The van der Waals surface area contributed by atoms with Gasteiger partial charge in [0.25, 0.3) is 0 Å². The molecule has 0 spiro atoms. The van der Waals surface area contributed by atoms with Crippen LogP contribution in [0.2, 0.25) is 0 Å². The zero-order chi connectivity index (χ0) is 14.8. The highest BCUT2D eigenvalue weighted by atomic mass is 16.4. The van der Waals surface area contributed by atoms with Crippen molar-refractivity contribution in [2.45, 2.75) is 25.8 Å². The fourth-order valence-corrected chi connectivity index (χ4v) is 1.53. The highest BCUT2D eigenvalue weighted by molar-refractivity contribution is 5.82. The molecule has 0 radical (unpaired) electrons. The number of aliphatic hydroxyl groups excluding tert-OH is 1. The number of carbonyl (C=O) groups is 2. The van der Waals surface area contributed by atoms with Gasteiger partial charge >= 0.3 is 12.0 Å². The number of carboxylic acids is 1. The van der Waals surface area contributed by atoms with Crippen molar-refractivity contribution in [3.63, 3.8) is 0 Å². The molecule has 0 bridgehead atoms. The van der Waals surface area contributed by atoms with E-state index < -0.39 is 18.0 Å². The van der Waals surface area contributed by atoms with Gasteiger partial charge < -0.3 is 25.3 Å². The fourth-order valence-electron chi connectivity index (χ4n) is 1.53. The van der Waals surface area contributed by atoms with E-state index in [0.29, 0.717) is 19.6 Å². The van der Waals surface area contributed by atoms with Gasteiger partial charge in [-0.2, -0.15) is 0 Å². The second-order valence-electron chi connectivity index (χ2n) is 4.64. The predicted octanol–water partition coefficient (Wildman–Crippen LogP) is -0.195. The quantitative estimate of drug-likeness (QED) is 0.542. The molecule has 0 saturated carbocycles. The fraction of sp³-hybridized carbons (Fsp3) is 0.833. The van der Waals surface area contributed by atoms with Crippen molar-refractivity contribution in [2.24, 2.45) is 0 Å². The van der Waals surface area contributed by atoms with Crippen LogP contribution in [-0.4, -0.2) is 78.4 Å². The lowest BCUT2D eigenvalue weighted by molar-refractivity contribution is -0.139. The maximum absolute atomic E-state index is 12.0. The molecule has 7 heteroatoms. The number of hydrogen-bond acceptors (Lipinski definition) is 4. The molecule has 0 fully saturated rings. The van der Waals surface area contributed by atoms with Crippen LogP contribution < -0.4 is 5.32 Å². The number of carboxylic acid groups (broad SMARTS) is 1. The van der Waals surface area contributed by atoms with Crippen LogP contribution in [0.4, 0.5) is 4.79 Å². The van der Waals surface area contributed by atoms with Crippen molar-refractivity contribution in [1.82, 2.24) is 15.1 Å². The number of hydrogen-bond donors (Lipinski definition) is 3. The molecule has 0 aliphatic rings. The Balaban J connectivity index is 4.47. The lowest BCUT2D eigenvalue weighted by atomic mass is 10.2. The predicted molar refractivity (Wildman–Crippen MR) is 72.1 cm³/mol. The zero-order valence-corrected chi connectivity index (χ0v) is 11.9. The van der Waals surface area contributed by atoms with Crippen LogP contribution >= 0.6 is 0 Å². The molecule has 7 nitrogen and oxygen atoms in total. The van der Waals surface area contributed by atoms with Crippen LogP contribution in [0.25, 0.3) is 0 Å². The largest absolute Gasteiger partial charge is 0.480 e. The summed E-state index contributed by atoms with van der Waals surface area (Å²) in [5, 5.41) is 20.1. The van der Waals surface area contributed by atoms with E-state index in [4.69, 9.17) is 10.2 Å². The first kappa shape index (κ1) is 17.7. The number of urea groups is 1. The molecule has 0 unspecified atom stereocenters. The molecule has 0 aromatic rings. The molecule has 2 amide bonds. The maximum atomic E-state index is 12.0. The minimum absolute atomic E-state index is 0.00865. The summed E-state index contributed by atoms with van der Waals surface area (Å²) >= 11 is 0. The zero-order valence-electron chi connectivity index (χ0n) is 11.9. The van der Waals surface area contributed by atoms with Gasteiger partial charge in [-0.3, -0.25) is 0 Å². The summed E-state index contributed by atoms with van der Waals surface area (Å²) in [6.45, 7) is 3.51. The normalized spacial score (nSPS) is 12.3. The van der Waals surface area contributed by atoms with E-state index in [1.807, 2.05) is 25.9 Å². The van der Waals surface area contributed by atoms with Crippen LogP contribution in [0.15, 0.2) is 0 Å². The summed E-state index contributed by atoms with van der Waals surface area (Å²) in [6.07, 6.45) is 0.813. The smallest absolute Gasteiger partial charge is 0.326 e. The van der Waals surface area contributed by atoms with Gasteiger partial charge in [0.1, 0.15) is 6.04 Å². The van der Waals surface area contributed by atoms with Gasteiger partial charge in [-0.15, -0.1) is 0 Å². The van der Waals surface area contributed by atoms with Crippen molar-refractivity contribution in [1.29, 1.82) is 0 Å². The Morgan fingerprint density at radius 2 is 1.84 bits per heavy atom. The van der Waals surface area contributed by atoms with Crippen LogP contribution in [0.5, 0.6) is 0 Å². The standard InChI is InChI=1S/C12H25N3O4/c1-4-6-15(8-7-14(2)3)12(19)13-10(5-9-16)11(17)18/h10,16H,4-9H2,1-3H3,(H,13,19)(H,17,18)/t10-/m0/s1. The van der Waals surface area contributed by atoms with Crippen molar-refractivity contribution < 1.29 is 19.8 Å². The Labute approximate surface area is 114 Å². The highest BCUT2D eigenvalue weighted by Crippen LogP contribution is 1.98. The highest BCUT2D eigenvalue weighted by Gasteiger charge is 2.22. The van der Waals surface area contributed by atoms with E-state index in [9.17, 15) is 9.59 Å². The third-order valence-electron chi connectivity index (χ3n) is 2.61. The van der Waals surface area contributed by atoms with E-state index in [1.165, 1.54) is 0 Å². The molecule has 1 atom stereocenters. The first-order valence-corrected chi connectivity index (χ1v) is 6.46. The summed E-state index contributed by atoms with van der Waals surface area (Å²) in [5.41, 5.74) is 0. The molecule has 0 saturated heterocycles. The topological polar surface area (TPSA) is 93.1 Å². The Morgan fingerprint density at radius 1 is 1.21 bits per heavy atom. The van der Waals surface area contributed by atoms with Gasteiger partial charge in [0.15, 0.2) is 0 Å².